The lowest BCUT2D eigenvalue weighted by atomic mass is 9.69. The Kier molecular flexibility index (Phi) is 7.59. The summed E-state index contributed by atoms with van der Waals surface area (Å²) in [5.41, 5.74) is 1.89. The van der Waals surface area contributed by atoms with Gasteiger partial charge in [-0.05, 0) is 18.6 Å². The zero-order valence-corrected chi connectivity index (χ0v) is 22.9. The number of ketones is 1. The highest BCUT2D eigenvalue weighted by molar-refractivity contribution is 5.97. The standard InChI is InChI=1S/C32H32O8/c1-31(36-3)32(2,37-4)40-30(35)28(39-31)26-22-17-11-12-18-25(22)38-29(34)27(26)23(20-13-7-5-8-14-20)19-24(33)21-15-9-6-10-16-21/h5-18,23,26-28H,19H2,1-4H3/t23-,26-,27+,28+,31-,32-/m1/s1. The zero-order chi connectivity index (χ0) is 28.5. The first-order valence-electron chi connectivity index (χ1n) is 13.2. The lowest BCUT2D eigenvalue weighted by molar-refractivity contribution is -0.408. The Bertz CT molecular complexity index is 1390. The Hall–Kier alpha value is -3.85. The summed E-state index contributed by atoms with van der Waals surface area (Å²) >= 11 is 0. The molecule has 0 bridgehead atoms. The van der Waals surface area contributed by atoms with E-state index in [1.807, 2.05) is 36.4 Å². The van der Waals surface area contributed by atoms with Gasteiger partial charge >= 0.3 is 11.9 Å². The largest absolute Gasteiger partial charge is 0.426 e. The first kappa shape index (κ1) is 27.7. The Balaban J connectivity index is 1.64. The highest BCUT2D eigenvalue weighted by Gasteiger charge is 2.61. The molecule has 2 heterocycles. The Morgan fingerprint density at radius 2 is 1.43 bits per heavy atom. The first-order chi connectivity index (χ1) is 19.2. The molecule has 2 aliphatic rings. The lowest BCUT2D eigenvalue weighted by Crippen LogP contribution is -2.65. The van der Waals surface area contributed by atoms with Crippen molar-refractivity contribution < 1.29 is 38.1 Å². The molecule has 0 saturated carbocycles. The summed E-state index contributed by atoms with van der Waals surface area (Å²) in [6.07, 6.45) is -1.25. The predicted octanol–water partition coefficient (Wildman–Crippen LogP) is 5.03. The number of methoxy groups -OCH3 is 2. The second kappa shape index (κ2) is 11.0. The van der Waals surface area contributed by atoms with Gasteiger partial charge in [0.25, 0.3) is 5.79 Å². The van der Waals surface area contributed by atoms with Gasteiger partial charge in [-0.3, -0.25) is 9.59 Å². The van der Waals surface area contributed by atoms with Crippen LogP contribution in [0.4, 0.5) is 0 Å². The van der Waals surface area contributed by atoms with E-state index in [-0.39, 0.29) is 12.2 Å². The van der Waals surface area contributed by atoms with Crippen molar-refractivity contribution in [3.63, 3.8) is 0 Å². The number of esters is 2. The van der Waals surface area contributed by atoms with Crippen molar-refractivity contribution in [2.24, 2.45) is 5.92 Å². The van der Waals surface area contributed by atoms with E-state index < -0.39 is 47.4 Å². The highest BCUT2D eigenvalue weighted by atomic mass is 16.8. The van der Waals surface area contributed by atoms with Gasteiger partial charge in [0, 0.05) is 50.5 Å². The molecule has 0 amide bonds. The lowest BCUT2D eigenvalue weighted by Gasteiger charge is -2.50. The van der Waals surface area contributed by atoms with Gasteiger partial charge in [0.2, 0.25) is 5.79 Å². The molecule has 3 aromatic rings. The van der Waals surface area contributed by atoms with E-state index >= 15 is 0 Å². The summed E-state index contributed by atoms with van der Waals surface area (Å²) in [7, 11) is 2.82. The Labute approximate surface area is 233 Å². The number of carbonyl (C=O) groups excluding carboxylic acids is 3. The molecule has 3 aromatic carbocycles. The van der Waals surface area contributed by atoms with Crippen molar-refractivity contribution in [3.8, 4) is 5.75 Å². The average Bonchev–Trinajstić information content (AvgIpc) is 2.98. The third-order valence-corrected chi connectivity index (χ3v) is 8.12. The fraction of sp³-hybridized carbons (Fsp3) is 0.344. The van der Waals surface area contributed by atoms with Crippen molar-refractivity contribution in [2.75, 3.05) is 14.2 Å². The van der Waals surface area contributed by atoms with Crippen LogP contribution < -0.4 is 4.74 Å². The maximum Gasteiger partial charge on any atom is 0.338 e. The second-order valence-corrected chi connectivity index (χ2v) is 10.3. The number of fused-ring (bicyclic) bond motifs is 1. The van der Waals surface area contributed by atoms with E-state index in [0.717, 1.165) is 5.56 Å². The minimum Gasteiger partial charge on any atom is -0.426 e. The summed E-state index contributed by atoms with van der Waals surface area (Å²) < 4.78 is 29.2. The summed E-state index contributed by atoms with van der Waals surface area (Å²) in [5.74, 6) is -6.57. The molecule has 0 N–H and O–H groups in total. The molecule has 1 saturated heterocycles. The number of Topliss-reactive ketones (excluding diaryl/α,β-unsaturated/α-hetero) is 1. The van der Waals surface area contributed by atoms with Crippen molar-refractivity contribution in [2.45, 2.75) is 49.8 Å². The average molecular weight is 545 g/mol. The van der Waals surface area contributed by atoms with E-state index in [4.69, 9.17) is 23.7 Å². The monoisotopic (exact) mass is 544 g/mol. The van der Waals surface area contributed by atoms with Crippen LogP contribution in [0, 0.1) is 5.92 Å². The number of hydrogen-bond donors (Lipinski definition) is 0. The van der Waals surface area contributed by atoms with Crippen molar-refractivity contribution >= 4 is 17.7 Å². The third kappa shape index (κ3) is 4.83. The van der Waals surface area contributed by atoms with Gasteiger partial charge in [-0.25, -0.2) is 4.79 Å². The van der Waals surface area contributed by atoms with Crippen LogP contribution >= 0.6 is 0 Å². The molecule has 0 aromatic heterocycles. The quantitative estimate of drug-likeness (QED) is 0.221. The molecule has 5 rings (SSSR count). The molecule has 8 nitrogen and oxygen atoms in total. The molecule has 0 unspecified atom stereocenters. The number of carbonyl (C=O) groups is 3. The molecule has 8 heteroatoms. The number of para-hydroxylation sites is 1. The Morgan fingerprint density at radius 3 is 2.08 bits per heavy atom. The van der Waals surface area contributed by atoms with Crippen LogP contribution in [0.25, 0.3) is 0 Å². The summed E-state index contributed by atoms with van der Waals surface area (Å²) in [6, 6.07) is 25.2. The third-order valence-electron chi connectivity index (χ3n) is 8.12. The molecule has 2 aliphatic heterocycles. The summed E-state index contributed by atoms with van der Waals surface area (Å²) in [5, 5.41) is 0. The molecular formula is C32H32O8. The second-order valence-electron chi connectivity index (χ2n) is 10.3. The van der Waals surface area contributed by atoms with Crippen LogP contribution in [0.5, 0.6) is 5.75 Å². The Morgan fingerprint density at radius 1 is 0.825 bits per heavy atom. The molecule has 208 valence electrons. The number of rotatable bonds is 8. The smallest absolute Gasteiger partial charge is 0.338 e. The van der Waals surface area contributed by atoms with Crippen molar-refractivity contribution in [3.05, 3.63) is 102 Å². The van der Waals surface area contributed by atoms with Crippen LogP contribution in [0.1, 0.15) is 53.6 Å². The fourth-order valence-electron chi connectivity index (χ4n) is 5.65. The summed E-state index contributed by atoms with van der Waals surface area (Å²) in [4.78, 5) is 41.0. The van der Waals surface area contributed by atoms with E-state index in [0.29, 0.717) is 16.9 Å². The van der Waals surface area contributed by atoms with Gasteiger partial charge in [-0.15, -0.1) is 0 Å². The number of hydrogen-bond acceptors (Lipinski definition) is 8. The van der Waals surface area contributed by atoms with Crippen molar-refractivity contribution in [1.29, 1.82) is 0 Å². The molecular weight excluding hydrogens is 512 g/mol. The minimum absolute atomic E-state index is 0.00552. The number of cyclic esters (lactones) is 1. The molecule has 1 fully saturated rings. The van der Waals surface area contributed by atoms with Crippen LogP contribution in [0.3, 0.4) is 0 Å². The maximum atomic E-state index is 13.9. The normalized spacial score (nSPS) is 28.6. The van der Waals surface area contributed by atoms with Gasteiger partial charge in [-0.1, -0.05) is 78.9 Å². The molecule has 0 aliphatic carbocycles. The predicted molar refractivity (Wildman–Crippen MR) is 145 cm³/mol. The van der Waals surface area contributed by atoms with E-state index in [1.54, 1.807) is 62.4 Å². The van der Waals surface area contributed by atoms with Crippen LogP contribution in [0.2, 0.25) is 0 Å². The molecule has 0 spiro atoms. The van der Waals surface area contributed by atoms with Crippen LogP contribution in [-0.4, -0.2) is 49.6 Å². The fourth-order valence-corrected chi connectivity index (χ4v) is 5.65. The summed E-state index contributed by atoms with van der Waals surface area (Å²) in [6.45, 7) is 3.17. The van der Waals surface area contributed by atoms with Gasteiger partial charge in [0.05, 0.1) is 5.92 Å². The number of benzene rings is 3. The molecule has 40 heavy (non-hydrogen) atoms. The first-order valence-corrected chi connectivity index (χ1v) is 13.2. The number of ether oxygens (including phenoxy) is 5. The minimum atomic E-state index is -1.54. The van der Waals surface area contributed by atoms with Crippen LogP contribution in [-0.2, 0) is 28.5 Å². The van der Waals surface area contributed by atoms with Gasteiger partial charge < -0.3 is 23.7 Å². The molecule has 0 radical (unpaired) electrons. The molecule has 6 atom stereocenters. The van der Waals surface area contributed by atoms with Crippen LogP contribution in [0.15, 0.2) is 84.9 Å². The van der Waals surface area contributed by atoms with E-state index in [1.165, 1.54) is 14.2 Å². The SMILES string of the molecule is CO[C@]1(C)OC(=O)[C@H]([C@@H]2c3ccccc3OC(=O)[C@H]2[C@H](CC(=O)c2ccccc2)c2ccccc2)O[C@@]1(C)OC. The van der Waals surface area contributed by atoms with Gasteiger partial charge in [-0.2, -0.15) is 0 Å². The maximum absolute atomic E-state index is 13.9. The zero-order valence-electron chi connectivity index (χ0n) is 22.9. The topological polar surface area (TPSA) is 97.4 Å². The van der Waals surface area contributed by atoms with Gasteiger partial charge in [0.15, 0.2) is 11.9 Å². The van der Waals surface area contributed by atoms with Crippen molar-refractivity contribution in [1.82, 2.24) is 0 Å². The van der Waals surface area contributed by atoms with Gasteiger partial charge in [0.1, 0.15) is 5.75 Å². The van der Waals surface area contributed by atoms with E-state index in [2.05, 4.69) is 0 Å². The highest BCUT2D eigenvalue weighted by Crippen LogP contribution is 2.51. The van der Waals surface area contributed by atoms with E-state index in [9.17, 15) is 14.4 Å².